The third-order valence-electron chi connectivity index (χ3n) is 8.45. The zero-order valence-corrected chi connectivity index (χ0v) is 23.4. The summed E-state index contributed by atoms with van der Waals surface area (Å²) in [6.45, 7) is 0.0515. The van der Waals surface area contributed by atoms with Crippen molar-refractivity contribution in [2.75, 3.05) is 13.1 Å². The molecule has 2 aliphatic rings. The molecule has 2 aliphatic heterocycles. The lowest BCUT2D eigenvalue weighted by molar-refractivity contribution is -0.153. The van der Waals surface area contributed by atoms with E-state index in [1.807, 2.05) is 11.0 Å². The zero-order valence-electron chi connectivity index (χ0n) is 23.4. The Kier molecular flexibility index (Phi) is 7.80. The van der Waals surface area contributed by atoms with Crippen LogP contribution in [0.5, 0.6) is 0 Å². The lowest BCUT2D eigenvalue weighted by atomic mass is 9.85. The maximum Gasteiger partial charge on any atom is 0.449 e. The maximum absolute atomic E-state index is 14.7. The molecule has 1 unspecified atom stereocenters. The van der Waals surface area contributed by atoms with E-state index >= 15 is 0 Å². The fraction of sp³-hybridized carbons (Fsp3) is 0.355. The first-order valence-corrected chi connectivity index (χ1v) is 14.1. The average molecular weight is 617 g/mol. The summed E-state index contributed by atoms with van der Waals surface area (Å²) in [4.78, 5) is 29.8. The lowest BCUT2D eigenvalue weighted by Crippen LogP contribution is -2.49. The molecule has 0 saturated carbocycles. The monoisotopic (exact) mass is 616 g/mol. The van der Waals surface area contributed by atoms with Gasteiger partial charge in [0.1, 0.15) is 23.0 Å². The Morgan fingerprint density at radius 3 is 2.20 bits per heavy atom. The highest BCUT2D eigenvalue weighted by Gasteiger charge is 2.47. The summed E-state index contributed by atoms with van der Waals surface area (Å²) >= 11 is 0. The van der Waals surface area contributed by atoms with Crippen LogP contribution in [0.1, 0.15) is 52.8 Å². The molecule has 4 aromatic rings. The van der Waals surface area contributed by atoms with Gasteiger partial charge in [-0.3, -0.25) is 18.8 Å². The van der Waals surface area contributed by atoms with Crippen LogP contribution in [0.2, 0.25) is 0 Å². The molecule has 1 saturated heterocycles. The van der Waals surface area contributed by atoms with Gasteiger partial charge in [-0.1, -0.05) is 36.4 Å². The number of benzene rings is 2. The molecule has 1 atom stereocenters. The molecular formula is C31H29F5N4O4. The minimum absolute atomic E-state index is 0.126. The number of hydrogen-bond donors (Lipinski definition) is 1. The molecule has 0 amide bonds. The van der Waals surface area contributed by atoms with Crippen molar-refractivity contribution in [2.45, 2.75) is 56.9 Å². The third kappa shape index (κ3) is 5.51. The Bertz CT molecular complexity index is 1770. The van der Waals surface area contributed by atoms with Crippen LogP contribution in [-0.4, -0.2) is 27.1 Å². The van der Waals surface area contributed by atoms with Crippen molar-refractivity contribution in [2.24, 2.45) is 5.73 Å². The molecule has 44 heavy (non-hydrogen) atoms. The number of hydrogen-bond acceptors (Lipinski definition) is 6. The van der Waals surface area contributed by atoms with Gasteiger partial charge in [-0.25, -0.2) is 13.6 Å². The second kappa shape index (κ2) is 11.5. The van der Waals surface area contributed by atoms with Gasteiger partial charge in [0, 0.05) is 24.7 Å². The third-order valence-corrected chi connectivity index (χ3v) is 8.45. The number of fused-ring (bicyclic) bond motifs is 2. The highest BCUT2D eigenvalue weighted by atomic mass is 19.4. The molecule has 2 aromatic carbocycles. The van der Waals surface area contributed by atoms with Gasteiger partial charge in [-0.15, -0.1) is 0 Å². The van der Waals surface area contributed by atoms with Crippen molar-refractivity contribution in [3.05, 3.63) is 127 Å². The predicted octanol–water partition coefficient (Wildman–Crippen LogP) is 4.67. The number of likely N-dealkylation sites (tertiary alicyclic amines) is 1. The molecule has 1 fully saturated rings. The Balaban J connectivity index is 1.35. The second-order valence-electron chi connectivity index (χ2n) is 11.1. The van der Waals surface area contributed by atoms with Crippen LogP contribution >= 0.6 is 0 Å². The first-order chi connectivity index (χ1) is 21.0. The van der Waals surface area contributed by atoms with Gasteiger partial charge in [0.15, 0.2) is 0 Å². The summed E-state index contributed by atoms with van der Waals surface area (Å²) in [5.41, 5.74) is 4.77. The Morgan fingerprint density at radius 1 is 0.886 bits per heavy atom. The summed E-state index contributed by atoms with van der Waals surface area (Å²) in [6.07, 6.45) is -4.01. The highest BCUT2D eigenvalue weighted by Crippen LogP contribution is 2.43. The van der Waals surface area contributed by atoms with Crippen LogP contribution in [0.25, 0.3) is 0 Å². The van der Waals surface area contributed by atoms with Gasteiger partial charge in [0.25, 0.3) is 5.56 Å². The Morgan fingerprint density at radius 2 is 1.57 bits per heavy atom. The van der Waals surface area contributed by atoms with Gasteiger partial charge >= 0.3 is 11.9 Å². The van der Waals surface area contributed by atoms with Crippen LogP contribution in [0.4, 0.5) is 22.0 Å². The zero-order chi connectivity index (χ0) is 31.2. The second-order valence-corrected chi connectivity index (χ2v) is 11.1. The summed E-state index contributed by atoms with van der Waals surface area (Å²) in [5.74, 6) is -2.59. The number of alkyl halides is 3. The molecule has 6 rings (SSSR count). The topological polar surface area (TPSA) is 95.6 Å². The van der Waals surface area contributed by atoms with Gasteiger partial charge in [-0.05, 0) is 42.7 Å². The fourth-order valence-corrected chi connectivity index (χ4v) is 6.10. The Labute approximate surface area is 248 Å². The number of furan rings is 1. The van der Waals surface area contributed by atoms with Crippen molar-refractivity contribution in [3.63, 3.8) is 0 Å². The summed E-state index contributed by atoms with van der Waals surface area (Å²) < 4.78 is 81.8. The summed E-state index contributed by atoms with van der Waals surface area (Å²) in [5, 5.41) is 0. The van der Waals surface area contributed by atoms with Gasteiger partial charge < -0.3 is 14.9 Å². The molecule has 4 heterocycles. The molecule has 13 heteroatoms. The van der Waals surface area contributed by atoms with E-state index < -0.39 is 53.0 Å². The normalized spacial score (nSPS) is 17.2. The lowest BCUT2D eigenvalue weighted by Gasteiger charge is -2.38. The molecule has 232 valence electrons. The quantitative estimate of drug-likeness (QED) is 0.304. The number of nitrogens with zero attached hydrogens (tertiary/aromatic N) is 3. The minimum atomic E-state index is -4.59. The Hall–Kier alpha value is -4.07. The van der Waals surface area contributed by atoms with E-state index in [1.54, 1.807) is 24.3 Å². The number of piperidine rings is 1. The van der Waals surface area contributed by atoms with E-state index in [1.165, 1.54) is 16.7 Å². The largest absolute Gasteiger partial charge is 0.455 e. The van der Waals surface area contributed by atoms with Crippen LogP contribution in [0, 0.1) is 11.6 Å². The van der Waals surface area contributed by atoms with E-state index in [2.05, 4.69) is 0 Å². The summed E-state index contributed by atoms with van der Waals surface area (Å²) in [6, 6.07) is 13.8. The van der Waals surface area contributed by atoms with E-state index in [-0.39, 0.29) is 42.3 Å². The number of nitrogens with two attached hydrogens (primary N) is 1. The molecule has 0 radical (unpaired) electrons. The number of rotatable bonds is 7. The maximum atomic E-state index is 14.7. The van der Waals surface area contributed by atoms with E-state index in [9.17, 15) is 31.5 Å². The fourth-order valence-electron chi connectivity index (χ4n) is 6.10. The van der Waals surface area contributed by atoms with Gasteiger partial charge in [-0.2, -0.15) is 13.2 Å². The average Bonchev–Trinajstić information content (AvgIpc) is 3.62. The summed E-state index contributed by atoms with van der Waals surface area (Å²) in [7, 11) is 0. The molecule has 0 aliphatic carbocycles. The standard InChI is InChI=1S/C31H29F5N4O4/c32-22-7-4-8-23(33)21(22)16-39-25-18-43-30(11-13-38(14-12-30)15-20-9-10-26(44-20)31(34,35)36)27(25)28(41)40(29(39)42)17-24(37)19-5-2-1-3-6-19/h1-10,24H,11-18,37H2. The van der Waals surface area contributed by atoms with Gasteiger partial charge in [0.05, 0.1) is 37.5 Å². The van der Waals surface area contributed by atoms with Gasteiger partial charge in [0.2, 0.25) is 5.76 Å². The van der Waals surface area contributed by atoms with Crippen LogP contribution in [-0.2, 0) is 42.8 Å². The SMILES string of the molecule is NC(Cn1c(=O)c2c(n(Cc3c(F)cccc3F)c1=O)COC21CCN(Cc2ccc(C(F)(F)F)o2)CC1)c1ccccc1. The van der Waals surface area contributed by atoms with E-state index in [4.69, 9.17) is 14.9 Å². The van der Waals surface area contributed by atoms with Crippen molar-refractivity contribution < 1.29 is 31.1 Å². The van der Waals surface area contributed by atoms with E-state index in [0.29, 0.717) is 31.5 Å². The predicted molar refractivity (Wildman–Crippen MR) is 148 cm³/mol. The van der Waals surface area contributed by atoms with Crippen LogP contribution in [0.3, 0.4) is 0 Å². The van der Waals surface area contributed by atoms with Crippen molar-refractivity contribution in [1.82, 2.24) is 14.0 Å². The van der Waals surface area contributed by atoms with Crippen LogP contribution in [0.15, 0.2) is 74.7 Å². The molecule has 2 aromatic heterocycles. The number of aromatic nitrogens is 2. The minimum Gasteiger partial charge on any atom is -0.455 e. The number of ether oxygens (including phenoxy) is 1. The molecular weight excluding hydrogens is 587 g/mol. The van der Waals surface area contributed by atoms with Crippen LogP contribution < -0.4 is 17.0 Å². The van der Waals surface area contributed by atoms with Crippen molar-refractivity contribution in [1.29, 1.82) is 0 Å². The van der Waals surface area contributed by atoms with Crippen molar-refractivity contribution >= 4 is 0 Å². The highest BCUT2D eigenvalue weighted by molar-refractivity contribution is 5.32. The molecule has 0 bridgehead atoms. The number of halogens is 5. The van der Waals surface area contributed by atoms with Crippen molar-refractivity contribution in [3.8, 4) is 0 Å². The first kappa shape index (κ1) is 30.0. The molecule has 1 spiro atoms. The molecule has 2 N–H and O–H groups in total. The first-order valence-electron chi connectivity index (χ1n) is 14.1. The van der Waals surface area contributed by atoms with E-state index in [0.717, 1.165) is 22.8 Å². The molecule has 8 nitrogen and oxygen atoms in total. The smallest absolute Gasteiger partial charge is 0.449 e.